The first-order chi connectivity index (χ1) is 12.9. The highest BCUT2D eigenvalue weighted by Crippen LogP contribution is 2.33. The summed E-state index contributed by atoms with van der Waals surface area (Å²) in [6, 6.07) is 7.12. The molecule has 3 heterocycles. The Hall–Kier alpha value is -2.90. The molecule has 2 aromatic heterocycles. The summed E-state index contributed by atoms with van der Waals surface area (Å²) in [7, 11) is 0. The van der Waals surface area contributed by atoms with Crippen molar-refractivity contribution in [2.45, 2.75) is 25.1 Å². The minimum Gasteiger partial charge on any atom is -0.338 e. The Balaban J connectivity index is 1.49. The standard InChI is InChI=1S/C19H17F3N4O/c20-19(21,22)14-1-2-17-16(11-14)24-12-26(17)15-5-9-25(10-6-15)18(27)13-3-7-23-8-4-13/h1-4,7-8,11-12,15H,5-6,9-10H2. The number of carbonyl (C=O) groups excluding carboxylic acids is 1. The number of piperidine rings is 1. The lowest BCUT2D eigenvalue weighted by atomic mass is 10.0. The minimum atomic E-state index is -4.38. The number of halogens is 3. The van der Waals surface area contributed by atoms with Crippen molar-refractivity contribution in [3.63, 3.8) is 0 Å². The summed E-state index contributed by atoms with van der Waals surface area (Å²) in [5, 5.41) is 0. The molecule has 0 atom stereocenters. The predicted molar refractivity (Wildman–Crippen MR) is 93.1 cm³/mol. The zero-order valence-corrected chi connectivity index (χ0v) is 14.4. The molecule has 3 aromatic rings. The highest BCUT2D eigenvalue weighted by molar-refractivity contribution is 5.94. The van der Waals surface area contributed by atoms with Gasteiger partial charge < -0.3 is 9.47 Å². The molecule has 5 nitrogen and oxygen atoms in total. The van der Waals surface area contributed by atoms with E-state index < -0.39 is 11.7 Å². The number of amides is 1. The maximum atomic E-state index is 12.9. The van der Waals surface area contributed by atoms with E-state index >= 15 is 0 Å². The molecule has 1 saturated heterocycles. The second-order valence-corrected chi connectivity index (χ2v) is 6.61. The minimum absolute atomic E-state index is 0.0267. The van der Waals surface area contributed by atoms with E-state index in [-0.39, 0.29) is 11.9 Å². The van der Waals surface area contributed by atoms with Gasteiger partial charge in [0, 0.05) is 37.1 Å². The second-order valence-electron chi connectivity index (χ2n) is 6.61. The summed E-state index contributed by atoms with van der Waals surface area (Å²) in [5.41, 5.74) is 0.927. The van der Waals surface area contributed by atoms with Crippen molar-refractivity contribution in [3.8, 4) is 0 Å². The van der Waals surface area contributed by atoms with Crippen LogP contribution in [0.2, 0.25) is 0 Å². The summed E-state index contributed by atoms with van der Waals surface area (Å²) in [5.74, 6) is -0.0267. The van der Waals surface area contributed by atoms with Crippen molar-refractivity contribution < 1.29 is 18.0 Å². The lowest BCUT2D eigenvalue weighted by Gasteiger charge is -2.33. The molecule has 0 radical (unpaired) electrons. The van der Waals surface area contributed by atoms with Gasteiger partial charge in [-0.2, -0.15) is 13.2 Å². The third-order valence-electron chi connectivity index (χ3n) is 4.97. The van der Waals surface area contributed by atoms with E-state index in [2.05, 4.69) is 9.97 Å². The van der Waals surface area contributed by atoms with Gasteiger partial charge in [0.15, 0.2) is 0 Å². The molecule has 4 rings (SSSR count). The Kier molecular flexibility index (Phi) is 4.33. The summed E-state index contributed by atoms with van der Waals surface area (Å²) < 4.78 is 40.5. The van der Waals surface area contributed by atoms with Gasteiger partial charge in [0.1, 0.15) is 0 Å². The fraction of sp³-hybridized carbons (Fsp3) is 0.316. The fourth-order valence-corrected chi connectivity index (χ4v) is 3.52. The number of fused-ring (bicyclic) bond motifs is 1. The SMILES string of the molecule is O=C(c1ccncc1)N1CCC(n2cnc3cc(C(F)(F)F)ccc32)CC1. The number of likely N-dealkylation sites (tertiary alicyclic amines) is 1. The normalized spacial score (nSPS) is 16.0. The number of benzene rings is 1. The van der Waals surface area contributed by atoms with E-state index in [9.17, 15) is 18.0 Å². The number of nitrogens with zero attached hydrogens (tertiary/aromatic N) is 4. The molecular formula is C19H17F3N4O. The highest BCUT2D eigenvalue weighted by atomic mass is 19.4. The van der Waals surface area contributed by atoms with Crippen LogP contribution in [0.3, 0.4) is 0 Å². The zero-order valence-electron chi connectivity index (χ0n) is 14.4. The number of imidazole rings is 1. The summed E-state index contributed by atoms with van der Waals surface area (Å²) in [4.78, 5) is 22.4. The first-order valence-electron chi connectivity index (χ1n) is 8.66. The maximum Gasteiger partial charge on any atom is 0.416 e. The van der Waals surface area contributed by atoms with Crippen molar-refractivity contribution in [3.05, 3.63) is 60.2 Å². The van der Waals surface area contributed by atoms with Crippen molar-refractivity contribution in [2.75, 3.05) is 13.1 Å². The number of hydrogen-bond donors (Lipinski definition) is 0. The number of hydrogen-bond acceptors (Lipinski definition) is 3. The third-order valence-corrected chi connectivity index (χ3v) is 4.97. The van der Waals surface area contributed by atoms with Crippen LogP contribution in [0.4, 0.5) is 13.2 Å². The lowest BCUT2D eigenvalue weighted by Crippen LogP contribution is -2.39. The molecule has 1 fully saturated rings. The van der Waals surface area contributed by atoms with Gasteiger partial charge in [-0.15, -0.1) is 0 Å². The number of rotatable bonds is 2. The van der Waals surface area contributed by atoms with E-state index in [1.807, 2.05) is 4.57 Å². The molecule has 1 amide bonds. The molecule has 27 heavy (non-hydrogen) atoms. The Labute approximate surface area is 153 Å². The quantitative estimate of drug-likeness (QED) is 0.683. The highest BCUT2D eigenvalue weighted by Gasteiger charge is 2.31. The van der Waals surface area contributed by atoms with Gasteiger partial charge in [-0.3, -0.25) is 9.78 Å². The van der Waals surface area contributed by atoms with E-state index in [4.69, 9.17) is 0 Å². The molecule has 140 valence electrons. The van der Waals surface area contributed by atoms with Crippen LogP contribution in [-0.2, 0) is 6.18 Å². The first kappa shape index (κ1) is 17.5. The Morgan fingerprint density at radius 1 is 1.07 bits per heavy atom. The molecule has 0 spiro atoms. The molecule has 0 unspecified atom stereocenters. The molecule has 0 aliphatic carbocycles. The third kappa shape index (κ3) is 3.39. The van der Waals surface area contributed by atoms with Crippen LogP contribution in [0.15, 0.2) is 49.1 Å². The topological polar surface area (TPSA) is 51.0 Å². The second kappa shape index (κ2) is 6.68. The monoisotopic (exact) mass is 374 g/mol. The van der Waals surface area contributed by atoms with Crippen molar-refractivity contribution in [2.24, 2.45) is 0 Å². The van der Waals surface area contributed by atoms with E-state index in [1.54, 1.807) is 35.8 Å². The van der Waals surface area contributed by atoms with Crippen LogP contribution in [0.5, 0.6) is 0 Å². The molecule has 1 aliphatic rings. The van der Waals surface area contributed by atoms with Gasteiger partial charge in [-0.1, -0.05) is 0 Å². The largest absolute Gasteiger partial charge is 0.416 e. The smallest absolute Gasteiger partial charge is 0.338 e. The van der Waals surface area contributed by atoms with Crippen molar-refractivity contribution >= 4 is 16.9 Å². The average molecular weight is 374 g/mol. The summed E-state index contributed by atoms with van der Waals surface area (Å²) >= 11 is 0. The number of aromatic nitrogens is 3. The molecule has 0 bridgehead atoms. The predicted octanol–water partition coefficient (Wildman–Crippen LogP) is 3.93. The van der Waals surface area contributed by atoms with Crippen LogP contribution >= 0.6 is 0 Å². The maximum absolute atomic E-state index is 12.9. The Morgan fingerprint density at radius 2 is 1.78 bits per heavy atom. The fourth-order valence-electron chi connectivity index (χ4n) is 3.52. The van der Waals surface area contributed by atoms with Gasteiger partial charge in [-0.25, -0.2) is 4.98 Å². The summed E-state index contributed by atoms with van der Waals surface area (Å²) in [6.45, 7) is 1.18. The average Bonchev–Trinajstić information content (AvgIpc) is 3.11. The Bertz CT molecular complexity index is 960. The summed E-state index contributed by atoms with van der Waals surface area (Å²) in [6.07, 6.45) is 1.85. The van der Waals surface area contributed by atoms with Crippen LogP contribution in [0.1, 0.15) is 34.8 Å². The van der Waals surface area contributed by atoms with Gasteiger partial charge in [0.25, 0.3) is 5.91 Å². The van der Waals surface area contributed by atoms with E-state index in [1.165, 1.54) is 6.07 Å². The van der Waals surface area contributed by atoms with Crippen LogP contribution in [-0.4, -0.2) is 38.4 Å². The molecular weight excluding hydrogens is 357 g/mol. The van der Waals surface area contributed by atoms with E-state index in [0.29, 0.717) is 29.7 Å². The molecule has 8 heteroatoms. The zero-order chi connectivity index (χ0) is 19.0. The number of alkyl halides is 3. The van der Waals surface area contributed by atoms with Gasteiger partial charge in [-0.05, 0) is 43.2 Å². The molecule has 0 saturated carbocycles. The van der Waals surface area contributed by atoms with E-state index in [0.717, 1.165) is 25.0 Å². The molecule has 1 aliphatic heterocycles. The number of pyridine rings is 1. The molecule has 1 aromatic carbocycles. The first-order valence-corrected chi connectivity index (χ1v) is 8.66. The van der Waals surface area contributed by atoms with Gasteiger partial charge in [0.2, 0.25) is 0 Å². The van der Waals surface area contributed by atoms with Crippen LogP contribution < -0.4 is 0 Å². The lowest BCUT2D eigenvalue weighted by molar-refractivity contribution is -0.137. The number of carbonyl (C=O) groups is 1. The molecule has 0 N–H and O–H groups in total. The van der Waals surface area contributed by atoms with Crippen molar-refractivity contribution in [1.82, 2.24) is 19.4 Å². The van der Waals surface area contributed by atoms with Crippen LogP contribution in [0.25, 0.3) is 11.0 Å². The van der Waals surface area contributed by atoms with Crippen LogP contribution in [0, 0.1) is 0 Å². The van der Waals surface area contributed by atoms with Gasteiger partial charge in [0.05, 0.1) is 22.9 Å². The van der Waals surface area contributed by atoms with Gasteiger partial charge >= 0.3 is 6.18 Å². The Morgan fingerprint density at radius 3 is 2.44 bits per heavy atom. The van der Waals surface area contributed by atoms with Crippen molar-refractivity contribution in [1.29, 1.82) is 0 Å².